The molecule has 0 bridgehead atoms. The lowest BCUT2D eigenvalue weighted by Crippen LogP contribution is -2.42. The number of nitrogens with zero attached hydrogens (tertiary/aromatic N) is 3. The first kappa shape index (κ1) is 18.9. The average Bonchev–Trinajstić information content (AvgIpc) is 3.02. The smallest absolute Gasteiger partial charge is 0.357 e. The lowest BCUT2D eigenvalue weighted by atomic mass is 10.1. The van der Waals surface area contributed by atoms with E-state index >= 15 is 0 Å². The van der Waals surface area contributed by atoms with Gasteiger partial charge in [0.25, 0.3) is 0 Å². The van der Waals surface area contributed by atoms with Gasteiger partial charge in [-0.05, 0) is 13.0 Å². The van der Waals surface area contributed by atoms with Crippen molar-refractivity contribution in [3.8, 4) is 11.3 Å². The molecular formula is C16H14ClF3N6O. The fourth-order valence-corrected chi connectivity index (χ4v) is 2.54. The fraction of sp³-hybridized carbons (Fsp3) is 0.250. The van der Waals surface area contributed by atoms with E-state index in [-0.39, 0.29) is 5.82 Å². The number of amides is 1. The van der Waals surface area contributed by atoms with Gasteiger partial charge in [-0.2, -0.15) is 13.2 Å². The van der Waals surface area contributed by atoms with Crippen LogP contribution < -0.4 is 10.6 Å². The second kappa shape index (κ2) is 7.39. The summed E-state index contributed by atoms with van der Waals surface area (Å²) in [5.74, 6) is -0.561. The molecule has 3 aromatic heterocycles. The summed E-state index contributed by atoms with van der Waals surface area (Å²) in [5, 5.41) is 5.75. The standard InChI is InChI=1S/C16H14ClF3N6O/c1-8(15(27)24-7-16(18,19)20)25-13-6-21-5-12(26-13)11-4-23-14-10(11)2-9(17)3-22-14/h2-6,8H,7H2,1H3,(H,22,23)(H,24,27)(H,25,26)/t8-/m1/s1. The van der Waals surface area contributed by atoms with Crippen molar-refractivity contribution < 1.29 is 18.0 Å². The maximum absolute atomic E-state index is 12.2. The third-order valence-corrected chi connectivity index (χ3v) is 3.84. The van der Waals surface area contributed by atoms with E-state index < -0.39 is 24.7 Å². The number of hydrogen-bond acceptors (Lipinski definition) is 5. The predicted molar refractivity (Wildman–Crippen MR) is 94.3 cm³/mol. The summed E-state index contributed by atoms with van der Waals surface area (Å²) in [7, 11) is 0. The number of alkyl halides is 3. The molecule has 0 radical (unpaired) electrons. The highest BCUT2D eigenvalue weighted by atomic mass is 35.5. The number of H-pyrrole nitrogens is 1. The Kier molecular flexibility index (Phi) is 5.17. The molecule has 0 aliphatic rings. The first-order valence-corrected chi connectivity index (χ1v) is 8.17. The average molecular weight is 399 g/mol. The quantitative estimate of drug-likeness (QED) is 0.613. The van der Waals surface area contributed by atoms with Crippen LogP contribution in [0.2, 0.25) is 5.02 Å². The molecule has 3 N–H and O–H groups in total. The van der Waals surface area contributed by atoms with Crippen LogP contribution in [0.25, 0.3) is 22.3 Å². The van der Waals surface area contributed by atoms with Crippen molar-refractivity contribution in [1.29, 1.82) is 0 Å². The van der Waals surface area contributed by atoms with E-state index in [1.807, 2.05) is 5.32 Å². The van der Waals surface area contributed by atoms with Gasteiger partial charge in [0.15, 0.2) is 0 Å². The normalized spacial score (nSPS) is 12.8. The van der Waals surface area contributed by atoms with Crippen LogP contribution in [0.3, 0.4) is 0 Å². The van der Waals surface area contributed by atoms with Crippen molar-refractivity contribution in [3.05, 3.63) is 35.9 Å². The molecule has 27 heavy (non-hydrogen) atoms. The molecule has 0 unspecified atom stereocenters. The van der Waals surface area contributed by atoms with Gasteiger partial charge in [0.1, 0.15) is 24.1 Å². The number of anilines is 1. The van der Waals surface area contributed by atoms with Crippen LogP contribution in [-0.2, 0) is 4.79 Å². The Morgan fingerprint density at radius 2 is 2.11 bits per heavy atom. The zero-order chi connectivity index (χ0) is 19.6. The molecule has 11 heteroatoms. The third kappa shape index (κ3) is 4.64. The van der Waals surface area contributed by atoms with E-state index in [4.69, 9.17) is 11.6 Å². The Morgan fingerprint density at radius 3 is 2.85 bits per heavy atom. The molecule has 3 rings (SSSR count). The molecule has 1 amide bonds. The van der Waals surface area contributed by atoms with E-state index in [2.05, 4.69) is 25.3 Å². The minimum Gasteiger partial charge on any atom is -0.357 e. The first-order valence-electron chi connectivity index (χ1n) is 7.79. The maximum atomic E-state index is 12.2. The van der Waals surface area contributed by atoms with Crippen molar-refractivity contribution in [2.24, 2.45) is 0 Å². The molecule has 0 aliphatic heterocycles. The number of halogens is 4. The zero-order valence-electron chi connectivity index (χ0n) is 13.9. The summed E-state index contributed by atoms with van der Waals surface area (Å²) in [6.45, 7) is 0.0299. The van der Waals surface area contributed by atoms with Gasteiger partial charge in [0.05, 0.1) is 23.1 Å². The van der Waals surface area contributed by atoms with Gasteiger partial charge in [-0.15, -0.1) is 0 Å². The summed E-state index contributed by atoms with van der Waals surface area (Å²) in [5.41, 5.74) is 1.80. The monoisotopic (exact) mass is 398 g/mol. The third-order valence-electron chi connectivity index (χ3n) is 3.63. The minimum atomic E-state index is -4.47. The Labute approximate surface area is 156 Å². The van der Waals surface area contributed by atoms with Gasteiger partial charge in [-0.25, -0.2) is 9.97 Å². The Hall–Kier alpha value is -2.88. The SMILES string of the molecule is C[C@@H](Nc1cncc(-c2c[nH]c3ncc(Cl)cc23)n1)C(=O)NCC(F)(F)F. The Morgan fingerprint density at radius 1 is 1.33 bits per heavy atom. The molecule has 0 saturated heterocycles. The summed E-state index contributed by atoms with van der Waals surface area (Å²) < 4.78 is 36.6. The van der Waals surface area contributed by atoms with Crippen LogP contribution in [0, 0.1) is 0 Å². The molecule has 1 atom stereocenters. The minimum absolute atomic E-state index is 0.242. The Bertz CT molecular complexity index is 974. The van der Waals surface area contributed by atoms with E-state index in [1.165, 1.54) is 25.5 Å². The summed E-state index contributed by atoms with van der Waals surface area (Å²) in [6, 6.07) is 0.793. The molecule has 3 aromatic rings. The van der Waals surface area contributed by atoms with E-state index in [9.17, 15) is 18.0 Å². The number of aromatic amines is 1. The topological polar surface area (TPSA) is 95.6 Å². The highest BCUT2D eigenvalue weighted by Crippen LogP contribution is 2.28. The lowest BCUT2D eigenvalue weighted by Gasteiger charge is -2.15. The predicted octanol–water partition coefficient (Wildman–Crippen LogP) is 3.15. The highest BCUT2D eigenvalue weighted by Gasteiger charge is 2.28. The van der Waals surface area contributed by atoms with Crippen LogP contribution >= 0.6 is 11.6 Å². The second-order valence-corrected chi connectivity index (χ2v) is 6.18. The number of carbonyl (C=O) groups is 1. The number of nitrogens with one attached hydrogen (secondary N) is 3. The van der Waals surface area contributed by atoms with Crippen LogP contribution in [0.4, 0.5) is 19.0 Å². The van der Waals surface area contributed by atoms with Crippen molar-refractivity contribution >= 4 is 34.4 Å². The summed E-state index contributed by atoms with van der Waals surface area (Å²) in [4.78, 5) is 27.4. The van der Waals surface area contributed by atoms with Crippen molar-refractivity contribution in [1.82, 2.24) is 25.3 Å². The van der Waals surface area contributed by atoms with Crippen LogP contribution in [-0.4, -0.2) is 44.6 Å². The molecule has 7 nitrogen and oxygen atoms in total. The number of hydrogen-bond donors (Lipinski definition) is 3. The number of pyridine rings is 1. The highest BCUT2D eigenvalue weighted by molar-refractivity contribution is 6.31. The number of fused-ring (bicyclic) bond motifs is 1. The van der Waals surface area contributed by atoms with Crippen LogP contribution in [0.5, 0.6) is 0 Å². The second-order valence-electron chi connectivity index (χ2n) is 5.74. The van der Waals surface area contributed by atoms with Gasteiger partial charge in [0.2, 0.25) is 5.91 Å². The van der Waals surface area contributed by atoms with Gasteiger partial charge in [0, 0.05) is 23.3 Å². The maximum Gasteiger partial charge on any atom is 0.405 e. The molecule has 0 aliphatic carbocycles. The molecule has 3 heterocycles. The van der Waals surface area contributed by atoms with Crippen LogP contribution in [0.1, 0.15) is 6.92 Å². The number of rotatable bonds is 5. The Balaban J connectivity index is 1.77. The molecule has 0 spiro atoms. The lowest BCUT2D eigenvalue weighted by molar-refractivity contribution is -0.138. The molecule has 0 saturated carbocycles. The van der Waals surface area contributed by atoms with E-state index in [0.717, 1.165) is 5.39 Å². The molecule has 0 aromatic carbocycles. The van der Waals surface area contributed by atoms with Gasteiger partial charge in [-0.3, -0.25) is 9.78 Å². The van der Waals surface area contributed by atoms with Gasteiger partial charge >= 0.3 is 6.18 Å². The molecule has 142 valence electrons. The van der Waals surface area contributed by atoms with Gasteiger partial charge < -0.3 is 15.6 Å². The van der Waals surface area contributed by atoms with Crippen LogP contribution in [0.15, 0.2) is 30.9 Å². The largest absolute Gasteiger partial charge is 0.405 e. The van der Waals surface area contributed by atoms with Crippen molar-refractivity contribution in [3.63, 3.8) is 0 Å². The van der Waals surface area contributed by atoms with Crippen molar-refractivity contribution in [2.45, 2.75) is 19.1 Å². The summed E-state index contributed by atoms with van der Waals surface area (Å²) >= 11 is 5.98. The van der Waals surface area contributed by atoms with E-state index in [0.29, 0.717) is 21.9 Å². The number of carbonyl (C=O) groups excluding carboxylic acids is 1. The zero-order valence-corrected chi connectivity index (χ0v) is 14.7. The van der Waals surface area contributed by atoms with Gasteiger partial charge in [-0.1, -0.05) is 11.6 Å². The summed E-state index contributed by atoms with van der Waals surface area (Å²) in [6.07, 6.45) is 1.62. The van der Waals surface area contributed by atoms with Crippen molar-refractivity contribution in [2.75, 3.05) is 11.9 Å². The van der Waals surface area contributed by atoms with E-state index in [1.54, 1.807) is 12.3 Å². The molecule has 0 fully saturated rings. The number of aromatic nitrogens is 4. The first-order chi connectivity index (χ1) is 12.7. The molecular weight excluding hydrogens is 385 g/mol. The fourth-order valence-electron chi connectivity index (χ4n) is 2.38.